The maximum Gasteiger partial charge on any atom is 0.256 e. The van der Waals surface area contributed by atoms with Crippen LogP contribution in [0.2, 0.25) is 5.02 Å². The monoisotopic (exact) mass is 333 g/mol. The van der Waals surface area contributed by atoms with Crippen LogP contribution in [0.25, 0.3) is 0 Å². The van der Waals surface area contributed by atoms with Crippen LogP contribution in [0.4, 0.5) is 4.39 Å². The van der Waals surface area contributed by atoms with Crippen LogP contribution >= 0.6 is 27.5 Å². The lowest BCUT2D eigenvalue weighted by Gasteiger charge is -2.34. The number of halogens is 3. The first-order valence-corrected chi connectivity index (χ1v) is 7.17. The number of nitrogens with zero attached hydrogens (tertiary/aromatic N) is 1. The van der Waals surface area contributed by atoms with Crippen molar-refractivity contribution in [1.29, 1.82) is 0 Å². The number of carbonyl (C=O) groups excluding carboxylic acids is 1. The van der Waals surface area contributed by atoms with Crippen LogP contribution in [0.3, 0.4) is 0 Å². The van der Waals surface area contributed by atoms with Crippen molar-refractivity contribution in [3.63, 3.8) is 0 Å². The molecule has 0 aliphatic carbocycles. The fourth-order valence-corrected chi connectivity index (χ4v) is 2.82. The molecule has 2 unspecified atom stereocenters. The van der Waals surface area contributed by atoms with Crippen molar-refractivity contribution in [3.8, 4) is 0 Å². The molecule has 1 heterocycles. The van der Waals surface area contributed by atoms with E-state index in [9.17, 15) is 9.18 Å². The zero-order chi connectivity index (χ0) is 13.3. The third-order valence-corrected chi connectivity index (χ3v) is 4.74. The SMILES string of the molecule is CC1CCN(C(=O)c2cc(Cl)ccc2F)CC1Br. The van der Waals surface area contributed by atoms with Crippen LogP contribution in [0.1, 0.15) is 23.7 Å². The van der Waals surface area contributed by atoms with Crippen molar-refractivity contribution in [2.75, 3.05) is 13.1 Å². The molecule has 1 saturated heterocycles. The normalized spacial score (nSPS) is 24.1. The summed E-state index contributed by atoms with van der Waals surface area (Å²) in [4.78, 5) is 14.2. The Morgan fingerprint density at radius 2 is 2.28 bits per heavy atom. The number of rotatable bonds is 1. The number of piperidine rings is 1. The van der Waals surface area contributed by atoms with Crippen LogP contribution in [0.15, 0.2) is 18.2 Å². The Labute approximate surface area is 119 Å². The molecule has 2 rings (SSSR count). The van der Waals surface area contributed by atoms with Crippen molar-refractivity contribution >= 4 is 33.4 Å². The molecule has 0 aromatic heterocycles. The highest BCUT2D eigenvalue weighted by molar-refractivity contribution is 9.09. The fraction of sp³-hybridized carbons (Fsp3) is 0.462. The van der Waals surface area contributed by atoms with Gasteiger partial charge in [0.05, 0.1) is 5.56 Å². The predicted molar refractivity (Wildman–Crippen MR) is 73.8 cm³/mol. The molecule has 1 amide bonds. The fourth-order valence-electron chi connectivity index (χ4n) is 2.04. The smallest absolute Gasteiger partial charge is 0.256 e. The molecular formula is C13H14BrClFNO. The van der Waals surface area contributed by atoms with Gasteiger partial charge in [-0.15, -0.1) is 0 Å². The summed E-state index contributed by atoms with van der Waals surface area (Å²) in [6.45, 7) is 3.40. The van der Waals surface area contributed by atoms with Gasteiger partial charge in [0.25, 0.3) is 5.91 Å². The molecule has 1 fully saturated rings. The molecule has 0 spiro atoms. The number of amides is 1. The lowest BCUT2D eigenvalue weighted by Crippen LogP contribution is -2.43. The lowest BCUT2D eigenvalue weighted by molar-refractivity contribution is 0.0701. The summed E-state index contributed by atoms with van der Waals surface area (Å²) in [6, 6.07) is 4.06. The average Bonchev–Trinajstić information content (AvgIpc) is 2.35. The van der Waals surface area contributed by atoms with E-state index in [2.05, 4.69) is 22.9 Å². The van der Waals surface area contributed by atoms with Crippen molar-refractivity contribution in [2.24, 2.45) is 5.92 Å². The van der Waals surface area contributed by atoms with Gasteiger partial charge in [0.1, 0.15) is 5.82 Å². The van der Waals surface area contributed by atoms with E-state index in [1.165, 1.54) is 18.2 Å². The number of hydrogen-bond donors (Lipinski definition) is 0. The van der Waals surface area contributed by atoms with Gasteiger partial charge in [0.15, 0.2) is 0 Å². The molecule has 0 N–H and O–H groups in total. The Balaban J connectivity index is 2.19. The highest BCUT2D eigenvalue weighted by Crippen LogP contribution is 2.25. The third kappa shape index (κ3) is 2.86. The van der Waals surface area contributed by atoms with E-state index in [1.54, 1.807) is 4.90 Å². The van der Waals surface area contributed by atoms with Crippen LogP contribution < -0.4 is 0 Å². The van der Waals surface area contributed by atoms with E-state index in [4.69, 9.17) is 11.6 Å². The van der Waals surface area contributed by atoms with Gasteiger partial charge >= 0.3 is 0 Å². The van der Waals surface area contributed by atoms with Gasteiger partial charge in [-0.3, -0.25) is 4.79 Å². The Kier molecular flexibility index (Phi) is 4.28. The van der Waals surface area contributed by atoms with Crippen LogP contribution in [0, 0.1) is 11.7 Å². The maximum atomic E-state index is 13.6. The summed E-state index contributed by atoms with van der Waals surface area (Å²) in [5, 5.41) is 0.375. The Hall–Kier alpha value is -0.610. The summed E-state index contributed by atoms with van der Waals surface area (Å²) in [5.74, 6) is -0.279. The van der Waals surface area contributed by atoms with E-state index in [-0.39, 0.29) is 16.3 Å². The molecule has 18 heavy (non-hydrogen) atoms. The number of benzene rings is 1. The molecule has 2 nitrogen and oxygen atoms in total. The Morgan fingerprint density at radius 1 is 1.56 bits per heavy atom. The Bertz CT molecular complexity index is 468. The second kappa shape index (κ2) is 5.57. The molecule has 0 radical (unpaired) electrons. The van der Waals surface area contributed by atoms with E-state index >= 15 is 0 Å². The molecule has 0 saturated carbocycles. The van der Waals surface area contributed by atoms with Crippen LogP contribution in [-0.4, -0.2) is 28.7 Å². The summed E-state index contributed by atoms with van der Waals surface area (Å²) in [6.07, 6.45) is 0.920. The summed E-state index contributed by atoms with van der Waals surface area (Å²) < 4.78 is 13.6. The van der Waals surface area contributed by atoms with Crippen molar-refractivity contribution in [1.82, 2.24) is 4.90 Å². The summed E-state index contributed by atoms with van der Waals surface area (Å²) >= 11 is 9.36. The number of carbonyl (C=O) groups is 1. The standard InChI is InChI=1S/C13H14BrClFNO/c1-8-4-5-17(7-11(8)14)13(18)10-6-9(15)2-3-12(10)16/h2-3,6,8,11H,4-5,7H2,1H3. The zero-order valence-corrected chi connectivity index (χ0v) is 12.3. The van der Waals surface area contributed by atoms with Crippen molar-refractivity contribution in [2.45, 2.75) is 18.2 Å². The minimum Gasteiger partial charge on any atom is -0.337 e. The topological polar surface area (TPSA) is 20.3 Å². The second-order valence-electron chi connectivity index (χ2n) is 4.66. The number of hydrogen-bond acceptors (Lipinski definition) is 1. The van der Waals surface area contributed by atoms with Gasteiger partial charge < -0.3 is 4.90 Å². The lowest BCUT2D eigenvalue weighted by atomic mass is 9.98. The molecule has 2 atom stereocenters. The van der Waals surface area contributed by atoms with Crippen LogP contribution in [-0.2, 0) is 0 Å². The van der Waals surface area contributed by atoms with Crippen LogP contribution in [0.5, 0.6) is 0 Å². The minimum atomic E-state index is -0.519. The van der Waals surface area contributed by atoms with E-state index in [1.807, 2.05) is 0 Å². The molecule has 1 aromatic carbocycles. The quantitative estimate of drug-likeness (QED) is 0.717. The highest BCUT2D eigenvalue weighted by atomic mass is 79.9. The Morgan fingerprint density at radius 3 is 2.94 bits per heavy atom. The predicted octanol–water partition coefficient (Wildman–Crippen LogP) is 3.72. The third-order valence-electron chi connectivity index (χ3n) is 3.31. The van der Waals surface area contributed by atoms with Gasteiger partial charge in [0, 0.05) is 22.9 Å². The first-order chi connectivity index (χ1) is 8.49. The summed E-state index contributed by atoms with van der Waals surface area (Å²) in [7, 11) is 0. The maximum absolute atomic E-state index is 13.6. The van der Waals surface area contributed by atoms with Gasteiger partial charge in [-0.1, -0.05) is 34.5 Å². The molecule has 0 bridgehead atoms. The summed E-state index contributed by atoms with van der Waals surface area (Å²) in [5.41, 5.74) is 0.0525. The average molecular weight is 335 g/mol. The number of alkyl halides is 1. The zero-order valence-electron chi connectivity index (χ0n) is 10.00. The molecule has 1 aliphatic rings. The van der Waals surface area contributed by atoms with Crippen molar-refractivity contribution in [3.05, 3.63) is 34.6 Å². The van der Waals surface area contributed by atoms with E-state index in [0.717, 1.165) is 6.42 Å². The first-order valence-electron chi connectivity index (χ1n) is 5.87. The first kappa shape index (κ1) is 13.8. The van der Waals surface area contributed by atoms with E-state index in [0.29, 0.717) is 24.0 Å². The molecule has 5 heteroatoms. The molecular weight excluding hydrogens is 321 g/mol. The van der Waals surface area contributed by atoms with E-state index < -0.39 is 5.82 Å². The van der Waals surface area contributed by atoms with Gasteiger partial charge in [-0.05, 0) is 30.5 Å². The highest BCUT2D eigenvalue weighted by Gasteiger charge is 2.28. The molecule has 1 aromatic rings. The van der Waals surface area contributed by atoms with Gasteiger partial charge in [-0.25, -0.2) is 4.39 Å². The van der Waals surface area contributed by atoms with Gasteiger partial charge in [-0.2, -0.15) is 0 Å². The molecule has 1 aliphatic heterocycles. The number of likely N-dealkylation sites (tertiary alicyclic amines) is 1. The minimum absolute atomic E-state index is 0.0525. The second-order valence-corrected chi connectivity index (χ2v) is 6.27. The van der Waals surface area contributed by atoms with Gasteiger partial charge in [0.2, 0.25) is 0 Å². The largest absolute Gasteiger partial charge is 0.337 e. The van der Waals surface area contributed by atoms with Crippen molar-refractivity contribution < 1.29 is 9.18 Å². The molecule has 98 valence electrons.